The average molecular weight is 343 g/mol. The molecular weight excluding hydrogens is 324 g/mol. The van der Waals surface area contributed by atoms with Crippen LogP contribution in [-0.2, 0) is 0 Å². The fourth-order valence-corrected chi connectivity index (χ4v) is 3.00. The summed E-state index contributed by atoms with van der Waals surface area (Å²) >= 11 is 5.86. The van der Waals surface area contributed by atoms with Crippen molar-refractivity contribution in [2.24, 2.45) is 0 Å². The summed E-state index contributed by atoms with van der Waals surface area (Å²) in [6.07, 6.45) is 0. The molecule has 1 heterocycles. The molecule has 0 aliphatic carbocycles. The molecule has 0 unspecified atom stereocenters. The van der Waals surface area contributed by atoms with Crippen LogP contribution in [-0.4, -0.2) is 47.8 Å². The highest BCUT2D eigenvalue weighted by atomic mass is 35.5. The molecule has 1 aliphatic heterocycles. The lowest BCUT2D eigenvalue weighted by Crippen LogP contribution is -2.50. The van der Waals surface area contributed by atoms with Crippen molar-refractivity contribution >= 4 is 23.4 Å². The van der Waals surface area contributed by atoms with Gasteiger partial charge in [0, 0.05) is 42.3 Å². The number of rotatable bonds is 2. The van der Waals surface area contributed by atoms with Gasteiger partial charge in [-0.3, -0.25) is 9.59 Å². The Morgan fingerprint density at radius 1 is 0.833 bits per heavy atom. The standard InChI is InChI=1S/C19H19ClN2O2/c1-14-4-2-3-5-17(14)19(24)22-12-10-21(11-13-22)18(23)15-6-8-16(20)9-7-15/h2-9H,10-13H2,1H3. The summed E-state index contributed by atoms with van der Waals surface area (Å²) in [7, 11) is 0. The summed E-state index contributed by atoms with van der Waals surface area (Å²) in [4.78, 5) is 28.7. The van der Waals surface area contributed by atoms with Gasteiger partial charge in [-0.25, -0.2) is 0 Å². The van der Waals surface area contributed by atoms with Crippen molar-refractivity contribution < 1.29 is 9.59 Å². The highest BCUT2D eigenvalue weighted by Gasteiger charge is 2.25. The summed E-state index contributed by atoms with van der Waals surface area (Å²) in [5.74, 6) is 0.0151. The highest BCUT2D eigenvalue weighted by molar-refractivity contribution is 6.30. The first-order chi connectivity index (χ1) is 11.6. The Kier molecular flexibility index (Phi) is 4.86. The molecule has 3 rings (SSSR count). The third kappa shape index (κ3) is 3.44. The van der Waals surface area contributed by atoms with Crippen molar-refractivity contribution in [2.75, 3.05) is 26.2 Å². The van der Waals surface area contributed by atoms with Crippen molar-refractivity contribution in [3.8, 4) is 0 Å². The lowest BCUT2D eigenvalue weighted by molar-refractivity contribution is 0.0535. The van der Waals surface area contributed by atoms with Crippen molar-refractivity contribution in [1.82, 2.24) is 9.80 Å². The van der Waals surface area contributed by atoms with Gasteiger partial charge < -0.3 is 9.80 Å². The number of piperazine rings is 1. The molecule has 0 atom stereocenters. The van der Waals surface area contributed by atoms with Crippen molar-refractivity contribution in [3.05, 3.63) is 70.2 Å². The second kappa shape index (κ2) is 7.05. The number of hydrogen-bond acceptors (Lipinski definition) is 2. The topological polar surface area (TPSA) is 40.6 Å². The van der Waals surface area contributed by atoms with E-state index in [9.17, 15) is 9.59 Å². The van der Waals surface area contributed by atoms with Crippen LogP contribution in [0.25, 0.3) is 0 Å². The molecule has 0 aromatic heterocycles. The predicted molar refractivity (Wildman–Crippen MR) is 94.4 cm³/mol. The molecule has 0 N–H and O–H groups in total. The van der Waals surface area contributed by atoms with E-state index in [0.29, 0.717) is 36.8 Å². The van der Waals surface area contributed by atoms with Crippen molar-refractivity contribution in [2.45, 2.75) is 6.92 Å². The smallest absolute Gasteiger partial charge is 0.254 e. The van der Waals surface area contributed by atoms with Crippen LogP contribution < -0.4 is 0 Å². The van der Waals surface area contributed by atoms with Crippen LogP contribution in [0, 0.1) is 6.92 Å². The van der Waals surface area contributed by atoms with Crippen LogP contribution >= 0.6 is 11.6 Å². The zero-order chi connectivity index (χ0) is 17.1. The summed E-state index contributed by atoms with van der Waals surface area (Å²) in [5.41, 5.74) is 2.33. The molecule has 24 heavy (non-hydrogen) atoms. The van der Waals surface area contributed by atoms with Crippen LogP contribution in [0.2, 0.25) is 5.02 Å². The maximum Gasteiger partial charge on any atom is 0.254 e. The van der Waals surface area contributed by atoms with Crippen LogP contribution in [0.3, 0.4) is 0 Å². The summed E-state index contributed by atoms with van der Waals surface area (Å²) in [6.45, 7) is 4.12. The molecule has 124 valence electrons. The van der Waals surface area contributed by atoms with Gasteiger partial charge in [0.2, 0.25) is 0 Å². The third-order valence-electron chi connectivity index (χ3n) is 4.32. The molecule has 0 saturated carbocycles. The van der Waals surface area contributed by atoms with Gasteiger partial charge in [0.15, 0.2) is 0 Å². The molecule has 2 amide bonds. The largest absolute Gasteiger partial charge is 0.335 e. The normalized spacial score (nSPS) is 14.6. The van der Waals surface area contributed by atoms with E-state index in [-0.39, 0.29) is 11.8 Å². The lowest BCUT2D eigenvalue weighted by Gasteiger charge is -2.35. The monoisotopic (exact) mass is 342 g/mol. The number of carbonyl (C=O) groups excluding carboxylic acids is 2. The van der Waals surface area contributed by atoms with E-state index >= 15 is 0 Å². The average Bonchev–Trinajstić information content (AvgIpc) is 2.62. The van der Waals surface area contributed by atoms with Crippen LogP contribution in [0.1, 0.15) is 26.3 Å². The molecule has 1 aliphatic rings. The number of halogens is 1. The lowest BCUT2D eigenvalue weighted by atomic mass is 10.1. The van der Waals surface area contributed by atoms with E-state index < -0.39 is 0 Å². The molecule has 2 aromatic carbocycles. The second-order valence-electron chi connectivity index (χ2n) is 5.91. The molecule has 0 bridgehead atoms. The van der Waals surface area contributed by atoms with Gasteiger partial charge in [-0.05, 0) is 42.8 Å². The van der Waals surface area contributed by atoms with E-state index in [0.717, 1.165) is 11.1 Å². The zero-order valence-electron chi connectivity index (χ0n) is 13.5. The Balaban J connectivity index is 1.63. The Bertz CT molecular complexity index is 750. The molecule has 1 saturated heterocycles. The summed E-state index contributed by atoms with van der Waals surface area (Å²) in [6, 6.07) is 14.5. The molecule has 1 fully saturated rings. The van der Waals surface area contributed by atoms with E-state index in [1.807, 2.05) is 36.1 Å². The Labute approximate surface area is 146 Å². The molecular formula is C19H19ClN2O2. The summed E-state index contributed by atoms with van der Waals surface area (Å²) in [5, 5.41) is 0.611. The number of carbonyl (C=O) groups is 2. The number of aryl methyl sites for hydroxylation is 1. The van der Waals surface area contributed by atoms with E-state index in [1.165, 1.54) is 0 Å². The minimum Gasteiger partial charge on any atom is -0.335 e. The van der Waals surface area contributed by atoms with E-state index in [1.54, 1.807) is 29.2 Å². The van der Waals surface area contributed by atoms with Gasteiger partial charge in [-0.1, -0.05) is 29.8 Å². The maximum absolute atomic E-state index is 12.6. The molecule has 4 nitrogen and oxygen atoms in total. The Morgan fingerprint density at radius 3 is 1.96 bits per heavy atom. The highest BCUT2D eigenvalue weighted by Crippen LogP contribution is 2.15. The Hall–Kier alpha value is -2.33. The first-order valence-corrected chi connectivity index (χ1v) is 8.34. The van der Waals surface area contributed by atoms with E-state index in [2.05, 4.69) is 0 Å². The van der Waals surface area contributed by atoms with Crippen LogP contribution in [0.15, 0.2) is 48.5 Å². The molecule has 0 radical (unpaired) electrons. The van der Waals surface area contributed by atoms with Crippen molar-refractivity contribution in [3.63, 3.8) is 0 Å². The maximum atomic E-state index is 12.6. The minimum absolute atomic E-state index is 0.0188. The second-order valence-corrected chi connectivity index (χ2v) is 6.34. The fourth-order valence-electron chi connectivity index (χ4n) is 2.87. The van der Waals surface area contributed by atoms with Gasteiger partial charge in [-0.15, -0.1) is 0 Å². The third-order valence-corrected chi connectivity index (χ3v) is 4.57. The van der Waals surface area contributed by atoms with Gasteiger partial charge >= 0.3 is 0 Å². The SMILES string of the molecule is Cc1ccccc1C(=O)N1CCN(C(=O)c2ccc(Cl)cc2)CC1. The number of benzene rings is 2. The van der Waals surface area contributed by atoms with Gasteiger partial charge in [0.05, 0.1) is 0 Å². The first kappa shape index (κ1) is 16.5. The molecule has 0 spiro atoms. The zero-order valence-corrected chi connectivity index (χ0v) is 14.3. The quantitative estimate of drug-likeness (QED) is 0.840. The summed E-state index contributed by atoms with van der Waals surface area (Å²) < 4.78 is 0. The number of amides is 2. The fraction of sp³-hybridized carbons (Fsp3) is 0.263. The molecule has 2 aromatic rings. The van der Waals surface area contributed by atoms with Gasteiger partial charge in [0.25, 0.3) is 11.8 Å². The van der Waals surface area contributed by atoms with Crippen molar-refractivity contribution in [1.29, 1.82) is 0 Å². The van der Waals surface area contributed by atoms with E-state index in [4.69, 9.17) is 11.6 Å². The molecule has 5 heteroatoms. The Morgan fingerprint density at radius 2 is 1.38 bits per heavy atom. The predicted octanol–water partition coefficient (Wildman–Crippen LogP) is 3.25. The number of nitrogens with zero attached hydrogens (tertiary/aromatic N) is 2. The van der Waals surface area contributed by atoms with Crippen LogP contribution in [0.4, 0.5) is 0 Å². The van der Waals surface area contributed by atoms with Gasteiger partial charge in [-0.2, -0.15) is 0 Å². The number of hydrogen-bond donors (Lipinski definition) is 0. The van der Waals surface area contributed by atoms with Gasteiger partial charge in [0.1, 0.15) is 0 Å². The first-order valence-electron chi connectivity index (χ1n) is 7.96. The minimum atomic E-state index is -0.0188. The van der Waals surface area contributed by atoms with Crippen LogP contribution in [0.5, 0.6) is 0 Å².